The van der Waals surface area contributed by atoms with E-state index < -0.39 is 28.5 Å². The predicted molar refractivity (Wildman–Crippen MR) is 180 cm³/mol. The lowest BCUT2D eigenvalue weighted by Crippen LogP contribution is -2.53. The Morgan fingerprint density at radius 3 is 2.09 bits per heavy atom. The highest BCUT2D eigenvalue weighted by molar-refractivity contribution is 7.92. The average Bonchev–Trinajstić information content (AvgIpc) is 3.01. The van der Waals surface area contributed by atoms with E-state index in [9.17, 15) is 18.0 Å². The molecule has 2 amide bonds. The minimum absolute atomic E-state index is 0.0865. The first-order valence-electron chi connectivity index (χ1n) is 15.3. The number of hydrogen-bond donors (Lipinski definition) is 1. The van der Waals surface area contributed by atoms with Gasteiger partial charge in [0.25, 0.3) is 10.0 Å². The Balaban J connectivity index is 1.81. The van der Waals surface area contributed by atoms with Gasteiger partial charge in [-0.2, -0.15) is 0 Å². The Hall–Kier alpha value is -4.43. The monoisotopic (exact) mass is 625 g/mol. The number of sulfonamides is 1. The van der Waals surface area contributed by atoms with E-state index in [0.29, 0.717) is 12.2 Å². The number of anilines is 1. The largest absolute Gasteiger partial charge is 0.354 e. The molecule has 0 saturated carbocycles. The molecule has 4 aromatic rings. The molecular weight excluding hydrogens is 582 g/mol. The van der Waals surface area contributed by atoms with Crippen LogP contribution in [-0.2, 0) is 32.6 Å². The SMILES string of the molecule is Cc1ccc(S(=O)(=O)N(CC(=O)N(Cc2ccccc2C)C(Cc2ccccc2)C(=O)NCC(C)C)c2cccc(C)c2)cc1. The van der Waals surface area contributed by atoms with Gasteiger partial charge in [-0.25, -0.2) is 8.42 Å². The molecule has 1 N–H and O–H groups in total. The van der Waals surface area contributed by atoms with Gasteiger partial charge in [-0.15, -0.1) is 0 Å². The van der Waals surface area contributed by atoms with Crippen molar-refractivity contribution in [2.45, 2.75) is 58.5 Å². The van der Waals surface area contributed by atoms with E-state index in [1.807, 2.05) is 95.3 Å². The molecule has 0 aliphatic rings. The van der Waals surface area contributed by atoms with Crippen LogP contribution in [0.25, 0.3) is 0 Å². The molecule has 1 unspecified atom stereocenters. The highest BCUT2D eigenvalue weighted by Crippen LogP contribution is 2.26. The maximum atomic E-state index is 14.6. The van der Waals surface area contributed by atoms with E-state index >= 15 is 0 Å². The second-order valence-electron chi connectivity index (χ2n) is 12.0. The predicted octanol–water partition coefficient (Wildman–Crippen LogP) is 6.22. The van der Waals surface area contributed by atoms with Crippen molar-refractivity contribution in [3.8, 4) is 0 Å². The summed E-state index contributed by atoms with van der Waals surface area (Å²) in [7, 11) is -4.14. The third-order valence-corrected chi connectivity index (χ3v) is 9.52. The molecule has 0 aliphatic carbocycles. The molecule has 4 rings (SSSR count). The normalized spacial score (nSPS) is 12.0. The second-order valence-corrected chi connectivity index (χ2v) is 13.8. The van der Waals surface area contributed by atoms with Crippen LogP contribution < -0.4 is 9.62 Å². The van der Waals surface area contributed by atoms with Crippen molar-refractivity contribution in [2.75, 3.05) is 17.4 Å². The van der Waals surface area contributed by atoms with E-state index in [1.165, 1.54) is 0 Å². The zero-order valence-electron chi connectivity index (χ0n) is 26.7. The molecule has 0 saturated heterocycles. The standard InChI is InChI=1S/C37H43N3O4S/c1-27(2)24-38-37(42)35(23-31-14-7-6-8-15-31)39(25-32-16-10-9-13-30(32)5)36(41)26-40(33-17-11-12-29(4)22-33)45(43,44)34-20-18-28(3)19-21-34/h6-22,27,35H,23-26H2,1-5H3,(H,38,42). The molecule has 0 aromatic heterocycles. The molecule has 0 radical (unpaired) electrons. The number of carbonyl (C=O) groups is 2. The number of aryl methyl sites for hydroxylation is 3. The van der Waals surface area contributed by atoms with Crippen molar-refractivity contribution < 1.29 is 18.0 Å². The molecular formula is C37H43N3O4S. The van der Waals surface area contributed by atoms with Gasteiger partial charge in [-0.1, -0.05) is 98.3 Å². The minimum Gasteiger partial charge on any atom is -0.354 e. The van der Waals surface area contributed by atoms with E-state index in [-0.39, 0.29) is 29.7 Å². The second kappa shape index (κ2) is 15.0. The van der Waals surface area contributed by atoms with Crippen molar-refractivity contribution in [1.29, 1.82) is 0 Å². The van der Waals surface area contributed by atoms with Gasteiger partial charge in [0.1, 0.15) is 12.6 Å². The van der Waals surface area contributed by atoms with Crippen molar-refractivity contribution in [2.24, 2.45) is 5.92 Å². The number of hydrogen-bond acceptors (Lipinski definition) is 4. The van der Waals surface area contributed by atoms with Gasteiger partial charge in [0.05, 0.1) is 10.6 Å². The molecule has 8 heteroatoms. The third-order valence-electron chi connectivity index (χ3n) is 7.74. The Morgan fingerprint density at radius 1 is 0.778 bits per heavy atom. The quantitative estimate of drug-likeness (QED) is 0.191. The summed E-state index contributed by atoms with van der Waals surface area (Å²) in [6.07, 6.45) is 0.275. The minimum atomic E-state index is -4.14. The van der Waals surface area contributed by atoms with Gasteiger partial charge in [-0.05, 0) is 73.2 Å². The molecule has 45 heavy (non-hydrogen) atoms. The zero-order valence-corrected chi connectivity index (χ0v) is 27.6. The number of amides is 2. The highest BCUT2D eigenvalue weighted by atomic mass is 32.2. The zero-order chi connectivity index (χ0) is 32.6. The Labute approximate surface area is 268 Å². The summed E-state index contributed by atoms with van der Waals surface area (Å²) < 4.78 is 29.5. The smallest absolute Gasteiger partial charge is 0.264 e. The van der Waals surface area contributed by atoms with Gasteiger partial charge in [0.15, 0.2) is 0 Å². The van der Waals surface area contributed by atoms with Crippen LogP contribution in [0, 0.1) is 26.7 Å². The van der Waals surface area contributed by atoms with Crippen molar-refractivity contribution in [3.63, 3.8) is 0 Å². The van der Waals surface area contributed by atoms with E-state index in [1.54, 1.807) is 47.4 Å². The Kier molecular flexibility index (Phi) is 11.2. The van der Waals surface area contributed by atoms with Gasteiger partial charge < -0.3 is 10.2 Å². The number of nitrogens with one attached hydrogen (secondary N) is 1. The molecule has 236 valence electrons. The molecule has 0 fully saturated rings. The molecule has 4 aromatic carbocycles. The van der Waals surface area contributed by atoms with Crippen LogP contribution in [0.2, 0.25) is 0 Å². The lowest BCUT2D eigenvalue weighted by Gasteiger charge is -2.34. The third kappa shape index (κ3) is 8.82. The fourth-order valence-corrected chi connectivity index (χ4v) is 6.50. The van der Waals surface area contributed by atoms with Crippen molar-refractivity contribution >= 4 is 27.5 Å². The van der Waals surface area contributed by atoms with Crippen LogP contribution in [0.15, 0.2) is 108 Å². The topological polar surface area (TPSA) is 86.8 Å². The Bertz CT molecular complexity index is 1700. The lowest BCUT2D eigenvalue weighted by atomic mass is 10.0. The molecule has 0 spiro atoms. The molecule has 0 aliphatic heterocycles. The highest BCUT2D eigenvalue weighted by Gasteiger charge is 2.34. The number of carbonyl (C=O) groups excluding carboxylic acids is 2. The molecule has 0 bridgehead atoms. The number of nitrogens with zero attached hydrogens (tertiary/aromatic N) is 2. The van der Waals surface area contributed by atoms with Crippen LogP contribution in [0.3, 0.4) is 0 Å². The summed E-state index contributed by atoms with van der Waals surface area (Å²) in [6.45, 7) is 9.87. The van der Waals surface area contributed by atoms with Gasteiger partial charge in [0, 0.05) is 19.5 Å². The van der Waals surface area contributed by atoms with Crippen molar-refractivity contribution in [1.82, 2.24) is 10.2 Å². The summed E-state index contributed by atoms with van der Waals surface area (Å²) in [5.41, 5.74) is 4.91. The van der Waals surface area contributed by atoms with Crippen LogP contribution in [0.5, 0.6) is 0 Å². The van der Waals surface area contributed by atoms with E-state index in [0.717, 1.165) is 32.1 Å². The summed E-state index contributed by atoms with van der Waals surface area (Å²) in [5, 5.41) is 3.03. The van der Waals surface area contributed by atoms with Gasteiger partial charge in [-0.3, -0.25) is 13.9 Å². The maximum absolute atomic E-state index is 14.6. The maximum Gasteiger partial charge on any atom is 0.264 e. The average molecular weight is 626 g/mol. The molecule has 7 nitrogen and oxygen atoms in total. The summed E-state index contributed by atoms with van der Waals surface area (Å²) in [6, 6.07) is 30.1. The van der Waals surface area contributed by atoms with Crippen LogP contribution in [0.1, 0.15) is 41.7 Å². The van der Waals surface area contributed by atoms with Crippen LogP contribution in [-0.4, -0.2) is 44.3 Å². The first kappa shape index (κ1) is 33.5. The first-order chi connectivity index (χ1) is 21.5. The lowest BCUT2D eigenvalue weighted by molar-refractivity contribution is -0.140. The van der Waals surface area contributed by atoms with E-state index in [2.05, 4.69) is 5.32 Å². The number of rotatable bonds is 13. The fourth-order valence-electron chi connectivity index (χ4n) is 5.10. The van der Waals surface area contributed by atoms with Crippen LogP contribution in [0.4, 0.5) is 5.69 Å². The van der Waals surface area contributed by atoms with Crippen molar-refractivity contribution in [3.05, 3.63) is 131 Å². The summed E-state index contributed by atoms with van der Waals surface area (Å²) in [5.74, 6) is -0.544. The van der Waals surface area contributed by atoms with E-state index in [4.69, 9.17) is 0 Å². The van der Waals surface area contributed by atoms with Gasteiger partial charge >= 0.3 is 0 Å². The Morgan fingerprint density at radius 2 is 1.44 bits per heavy atom. The molecule has 1 atom stereocenters. The summed E-state index contributed by atoms with van der Waals surface area (Å²) >= 11 is 0. The molecule has 0 heterocycles. The first-order valence-corrected chi connectivity index (χ1v) is 16.7. The van der Waals surface area contributed by atoms with Crippen LogP contribution >= 0.6 is 0 Å². The fraction of sp³-hybridized carbons (Fsp3) is 0.297. The van der Waals surface area contributed by atoms with Gasteiger partial charge in [0.2, 0.25) is 11.8 Å². The summed E-state index contributed by atoms with van der Waals surface area (Å²) in [4.78, 5) is 30.1. The number of benzene rings is 4.